The summed E-state index contributed by atoms with van der Waals surface area (Å²) < 4.78 is 21.2. The van der Waals surface area contributed by atoms with Gasteiger partial charge in [-0.05, 0) is 100 Å². The molecule has 5 rings (SSSR count). The molecule has 4 heterocycles. The lowest BCUT2D eigenvalue weighted by Gasteiger charge is -2.39. The second-order valence-corrected chi connectivity index (χ2v) is 15.6. The number of nitrogens with one attached hydrogen (secondary N) is 1. The summed E-state index contributed by atoms with van der Waals surface area (Å²) in [7, 11) is 0. The molecule has 1 aromatic carbocycles. The van der Waals surface area contributed by atoms with Gasteiger partial charge in [0.1, 0.15) is 5.82 Å². The van der Waals surface area contributed by atoms with Gasteiger partial charge in [0.2, 0.25) is 5.91 Å². The first-order valence-corrected chi connectivity index (χ1v) is 18.2. The number of anilines is 1. The van der Waals surface area contributed by atoms with Crippen LogP contribution in [-0.2, 0) is 22.4 Å². The van der Waals surface area contributed by atoms with Crippen molar-refractivity contribution in [1.82, 2.24) is 19.7 Å². The van der Waals surface area contributed by atoms with Crippen molar-refractivity contribution >= 4 is 23.7 Å². The Balaban J connectivity index is 1.10. The smallest absolute Gasteiger partial charge is 0.320 e. The summed E-state index contributed by atoms with van der Waals surface area (Å²) >= 11 is 0. The first-order chi connectivity index (χ1) is 23.7. The van der Waals surface area contributed by atoms with Crippen LogP contribution >= 0.6 is 0 Å². The van der Waals surface area contributed by atoms with Crippen LogP contribution in [-0.4, -0.2) is 94.1 Å². The van der Waals surface area contributed by atoms with Gasteiger partial charge >= 0.3 is 12.0 Å². The van der Waals surface area contributed by atoms with E-state index in [2.05, 4.69) is 17.4 Å². The highest BCUT2D eigenvalue weighted by molar-refractivity contribution is 5.82. The molecular formula is C38H55FN6O5. The number of amides is 3. The van der Waals surface area contributed by atoms with Gasteiger partial charge in [0.05, 0.1) is 19.1 Å². The van der Waals surface area contributed by atoms with Gasteiger partial charge in [-0.15, -0.1) is 0 Å². The van der Waals surface area contributed by atoms with Gasteiger partial charge in [-0.3, -0.25) is 9.59 Å². The average molecular weight is 695 g/mol. The molecule has 3 aliphatic rings. The van der Waals surface area contributed by atoms with E-state index in [0.717, 1.165) is 63.0 Å². The van der Waals surface area contributed by atoms with Crippen molar-refractivity contribution < 1.29 is 28.6 Å². The van der Waals surface area contributed by atoms with Crippen LogP contribution in [0.1, 0.15) is 95.5 Å². The first-order valence-electron chi connectivity index (χ1n) is 18.2. The van der Waals surface area contributed by atoms with Gasteiger partial charge in [-0.1, -0.05) is 26.0 Å². The molecule has 274 valence electrons. The van der Waals surface area contributed by atoms with E-state index in [1.54, 1.807) is 15.9 Å². The minimum Gasteiger partial charge on any atom is -0.491 e. The second kappa shape index (κ2) is 16.0. The molecule has 2 aromatic rings. The fraction of sp³-hybridized carbons (Fsp3) is 0.632. The number of hydrogen-bond donors (Lipinski definition) is 3. The Hall–Kier alpha value is -3.93. The van der Waals surface area contributed by atoms with Crippen molar-refractivity contribution in [2.24, 2.45) is 17.1 Å². The molecule has 4 N–H and O–H groups in total. The Bertz CT molecular complexity index is 1520. The number of aliphatic carboxylic acids is 1. The third-order valence-corrected chi connectivity index (χ3v) is 10.2. The Labute approximate surface area is 295 Å². The highest BCUT2D eigenvalue weighted by Crippen LogP contribution is 2.33. The zero-order chi connectivity index (χ0) is 36.1. The topological polar surface area (TPSA) is 141 Å². The molecule has 3 aliphatic heterocycles. The summed E-state index contributed by atoms with van der Waals surface area (Å²) in [5, 5.41) is 13.1. The predicted octanol–water partition coefficient (Wildman–Crippen LogP) is 5.63. The molecule has 0 unspecified atom stereocenters. The lowest BCUT2D eigenvalue weighted by molar-refractivity contribution is -0.143. The highest BCUT2D eigenvalue weighted by atomic mass is 19.1. The number of benzene rings is 1. The van der Waals surface area contributed by atoms with Gasteiger partial charge in [0, 0.05) is 55.9 Å². The van der Waals surface area contributed by atoms with Crippen LogP contribution in [0.3, 0.4) is 0 Å². The normalized spacial score (nSPS) is 17.8. The zero-order valence-corrected chi connectivity index (χ0v) is 30.2. The number of carboxylic acids is 1. The Morgan fingerprint density at radius 1 is 1.12 bits per heavy atom. The number of likely N-dealkylation sites (tertiary alicyclic amines) is 1. The number of pyridine rings is 1. The van der Waals surface area contributed by atoms with E-state index in [4.69, 9.17) is 15.5 Å². The lowest BCUT2D eigenvalue weighted by Crippen LogP contribution is -2.49. The number of carboxylic acid groups (broad SMARTS) is 1. The largest absolute Gasteiger partial charge is 0.491 e. The number of aryl methyl sites for hydroxylation is 2. The molecule has 50 heavy (non-hydrogen) atoms. The number of piperidine rings is 1. The Morgan fingerprint density at radius 2 is 1.88 bits per heavy atom. The van der Waals surface area contributed by atoms with Gasteiger partial charge in [0.25, 0.3) is 0 Å². The molecule has 0 saturated carbocycles. The van der Waals surface area contributed by atoms with Crippen molar-refractivity contribution in [1.29, 1.82) is 0 Å². The molecule has 0 aliphatic carbocycles. The highest BCUT2D eigenvalue weighted by Gasteiger charge is 2.38. The standard InChI is InChI=1S/C38H55FN6O5/c1-37(2,25-38(3,4)40)35(48)43-18-13-26(14-19-43)15-22-50-32-12-10-28(23-30(32)39)31(24-33(46)47)45-21-20-44(36(45)49)17-6-8-29-11-9-27-7-5-16-41-34(27)42-29/h9-12,23,26,31H,5-8,13-22,24-25,40H2,1-4H3,(H,41,42)(H,46,47)/t31-/m0/s1. The Kier molecular flexibility index (Phi) is 11.9. The number of nitrogens with zero attached hydrogens (tertiary/aromatic N) is 4. The second-order valence-electron chi connectivity index (χ2n) is 15.6. The van der Waals surface area contributed by atoms with E-state index in [0.29, 0.717) is 57.2 Å². The summed E-state index contributed by atoms with van der Waals surface area (Å²) in [6.07, 6.45) is 6.34. The minimum absolute atomic E-state index is 0.0990. The van der Waals surface area contributed by atoms with Crippen LogP contribution in [0.5, 0.6) is 5.75 Å². The number of hydrogen-bond acceptors (Lipinski definition) is 7. The van der Waals surface area contributed by atoms with E-state index in [-0.39, 0.29) is 24.1 Å². The molecule has 12 heteroatoms. The van der Waals surface area contributed by atoms with Crippen molar-refractivity contribution in [3.05, 3.63) is 53.0 Å². The minimum atomic E-state index is -1.06. The molecule has 11 nitrogen and oxygen atoms in total. The maximum absolute atomic E-state index is 15.3. The quantitative estimate of drug-likeness (QED) is 0.218. The summed E-state index contributed by atoms with van der Waals surface area (Å²) in [6.45, 7) is 11.8. The SMILES string of the molecule is CC(C)(N)CC(C)(C)C(=O)N1CCC(CCOc2ccc([C@H](CC(=O)O)N3CCN(CCCc4ccc5c(n4)NCCC5)C3=O)cc2F)CC1. The summed E-state index contributed by atoms with van der Waals surface area (Å²) in [4.78, 5) is 48.4. The average Bonchev–Trinajstić information content (AvgIpc) is 3.42. The number of halogens is 1. The van der Waals surface area contributed by atoms with Gasteiger partial charge in [-0.25, -0.2) is 14.2 Å². The van der Waals surface area contributed by atoms with E-state index in [1.807, 2.05) is 32.6 Å². The Morgan fingerprint density at radius 3 is 2.58 bits per heavy atom. The summed E-state index contributed by atoms with van der Waals surface area (Å²) in [5.41, 5.74) is 7.88. The molecule has 0 radical (unpaired) electrons. The van der Waals surface area contributed by atoms with E-state index in [1.165, 1.54) is 17.7 Å². The fourth-order valence-corrected chi connectivity index (χ4v) is 7.87. The van der Waals surface area contributed by atoms with Gasteiger partial charge in [0.15, 0.2) is 11.6 Å². The maximum Gasteiger partial charge on any atom is 0.320 e. The number of rotatable bonds is 15. The van der Waals surface area contributed by atoms with Crippen LogP contribution in [0, 0.1) is 17.2 Å². The number of carbonyl (C=O) groups is 3. The van der Waals surface area contributed by atoms with Crippen molar-refractivity contribution in [3.63, 3.8) is 0 Å². The maximum atomic E-state index is 15.3. The van der Waals surface area contributed by atoms with Crippen LogP contribution in [0.2, 0.25) is 0 Å². The molecule has 0 bridgehead atoms. The van der Waals surface area contributed by atoms with Crippen molar-refractivity contribution in [2.45, 2.75) is 97.1 Å². The predicted molar refractivity (Wildman–Crippen MR) is 191 cm³/mol. The first kappa shape index (κ1) is 37.3. The molecule has 3 amide bonds. The lowest BCUT2D eigenvalue weighted by atomic mass is 9.79. The molecule has 1 aromatic heterocycles. The number of fused-ring (bicyclic) bond motifs is 1. The van der Waals surface area contributed by atoms with Gasteiger partial charge < -0.3 is 35.6 Å². The van der Waals surface area contributed by atoms with Crippen molar-refractivity contribution in [2.75, 3.05) is 51.2 Å². The molecule has 0 spiro atoms. The van der Waals surface area contributed by atoms with Crippen LogP contribution < -0.4 is 15.8 Å². The third-order valence-electron chi connectivity index (χ3n) is 10.2. The van der Waals surface area contributed by atoms with Crippen LogP contribution in [0.4, 0.5) is 15.0 Å². The number of carbonyl (C=O) groups excluding carboxylic acids is 2. The zero-order valence-electron chi connectivity index (χ0n) is 30.2. The number of ether oxygens (including phenoxy) is 1. The van der Waals surface area contributed by atoms with E-state index < -0.39 is 28.8 Å². The van der Waals surface area contributed by atoms with E-state index in [9.17, 15) is 19.5 Å². The summed E-state index contributed by atoms with van der Waals surface area (Å²) in [6, 6.07) is 7.62. The summed E-state index contributed by atoms with van der Waals surface area (Å²) in [5.74, 6) is -0.0933. The number of aromatic nitrogens is 1. The molecule has 2 saturated heterocycles. The monoisotopic (exact) mass is 694 g/mol. The number of nitrogens with two attached hydrogens (primary N) is 1. The van der Waals surface area contributed by atoms with Crippen LogP contribution in [0.15, 0.2) is 30.3 Å². The molecular weight excluding hydrogens is 639 g/mol. The third kappa shape index (κ3) is 9.64. The molecule has 1 atom stereocenters. The van der Waals surface area contributed by atoms with Crippen molar-refractivity contribution in [3.8, 4) is 5.75 Å². The molecule has 2 fully saturated rings. The number of urea groups is 1. The van der Waals surface area contributed by atoms with Crippen LogP contribution in [0.25, 0.3) is 0 Å². The van der Waals surface area contributed by atoms with E-state index >= 15 is 4.39 Å². The fourth-order valence-electron chi connectivity index (χ4n) is 7.87. The van der Waals surface area contributed by atoms with Gasteiger partial charge in [-0.2, -0.15) is 0 Å².